The number of halogens is 2. The second-order valence-electron chi connectivity index (χ2n) is 6.49. The maximum atomic E-state index is 13.6. The number of nitrogens with zero attached hydrogens (tertiary/aromatic N) is 1. The van der Waals surface area contributed by atoms with Crippen LogP contribution in [-0.2, 0) is 20.6 Å². The highest BCUT2D eigenvalue weighted by Crippen LogP contribution is 2.31. The van der Waals surface area contributed by atoms with Crippen molar-refractivity contribution in [3.63, 3.8) is 0 Å². The van der Waals surface area contributed by atoms with Gasteiger partial charge in [-0.05, 0) is 36.8 Å². The standard InChI is InChI=1S/C20H24ClFN2O4S2/c1-14(20(25)23-10-11-29-13-15-6-4-5-7-18(15)22)24(30(3,26)27)16-8-9-19(28-2)17(21)12-16/h4-9,12,14H,10-11,13H2,1-3H3,(H,23,25)/t14-/m0/s1. The van der Waals surface area contributed by atoms with Gasteiger partial charge in [0.05, 0.1) is 24.1 Å². The van der Waals surface area contributed by atoms with Gasteiger partial charge in [0.25, 0.3) is 0 Å². The Hall–Kier alpha value is -1.97. The quantitative estimate of drug-likeness (QED) is 0.531. The Kier molecular flexibility index (Phi) is 8.81. The molecule has 2 aromatic carbocycles. The predicted octanol–water partition coefficient (Wildman–Crippen LogP) is 3.69. The van der Waals surface area contributed by atoms with E-state index < -0.39 is 22.0 Å². The molecule has 0 aliphatic rings. The fourth-order valence-electron chi connectivity index (χ4n) is 2.79. The maximum absolute atomic E-state index is 13.6. The van der Waals surface area contributed by atoms with Crippen LogP contribution in [0.4, 0.5) is 10.1 Å². The van der Waals surface area contributed by atoms with E-state index in [1.165, 1.54) is 44.0 Å². The summed E-state index contributed by atoms with van der Waals surface area (Å²) in [5.74, 6) is 0.735. The number of carbonyl (C=O) groups excluding carboxylic acids is 1. The normalized spacial score (nSPS) is 12.3. The molecular formula is C20H24ClFN2O4S2. The molecule has 1 amide bonds. The van der Waals surface area contributed by atoms with Crippen LogP contribution < -0.4 is 14.4 Å². The van der Waals surface area contributed by atoms with E-state index >= 15 is 0 Å². The van der Waals surface area contributed by atoms with Gasteiger partial charge in [-0.3, -0.25) is 9.10 Å². The number of anilines is 1. The second-order valence-corrected chi connectivity index (χ2v) is 9.86. The van der Waals surface area contributed by atoms with Crippen molar-refractivity contribution in [3.05, 3.63) is 58.9 Å². The van der Waals surface area contributed by atoms with Crippen molar-refractivity contribution in [2.45, 2.75) is 18.7 Å². The van der Waals surface area contributed by atoms with Crippen LogP contribution in [0.5, 0.6) is 5.75 Å². The molecule has 30 heavy (non-hydrogen) atoms. The fourth-order valence-corrected chi connectivity index (χ4v) is 5.06. The minimum Gasteiger partial charge on any atom is -0.495 e. The summed E-state index contributed by atoms with van der Waals surface area (Å²) in [5, 5.41) is 2.96. The van der Waals surface area contributed by atoms with Crippen LogP contribution in [0.25, 0.3) is 0 Å². The van der Waals surface area contributed by atoms with Crippen molar-refractivity contribution < 1.29 is 22.3 Å². The number of hydrogen-bond acceptors (Lipinski definition) is 5. The van der Waals surface area contributed by atoms with Crippen molar-refractivity contribution in [2.24, 2.45) is 0 Å². The minimum absolute atomic E-state index is 0.237. The van der Waals surface area contributed by atoms with Crippen molar-refractivity contribution in [3.8, 4) is 5.75 Å². The van der Waals surface area contributed by atoms with Crippen molar-refractivity contribution >= 4 is 45.0 Å². The van der Waals surface area contributed by atoms with Crippen LogP contribution in [0.3, 0.4) is 0 Å². The van der Waals surface area contributed by atoms with Crippen LogP contribution >= 0.6 is 23.4 Å². The van der Waals surface area contributed by atoms with Crippen LogP contribution in [0, 0.1) is 5.82 Å². The van der Waals surface area contributed by atoms with Crippen LogP contribution in [0.15, 0.2) is 42.5 Å². The van der Waals surface area contributed by atoms with Gasteiger partial charge in [-0.25, -0.2) is 12.8 Å². The summed E-state index contributed by atoms with van der Waals surface area (Å²) < 4.78 is 44.4. The second kappa shape index (κ2) is 10.9. The lowest BCUT2D eigenvalue weighted by Gasteiger charge is -2.28. The van der Waals surface area contributed by atoms with Crippen LogP contribution in [0.1, 0.15) is 12.5 Å². The number of thioether (sulfide) groups is 1. The molecule has 0 saturated carbocycles. The Morgan fingerprint density at radius 3 is 2.60 bits per heavy atom. The van der Waals surface area contributed by atoms with Crippen molar-refractivity contribution in [1.82, 2.24) is 5.32 Å². The number of hydrogen-bond donors (Lipinski definition) is 1. The summed E-state index contributed by atoms with van der Waals surface area (Å²) in [5.41, 5.74) is 0.863. The van der Waals surface area contributed by atoms with Gasteiger partial charge in [0.1, 0.15) is 17.6 Å². The van der Waals surface area contributed by atoms with Gasteiger partial charge >= 0.3 is 0 Å². The zero-order chi connectivity index (χ0) is 22.3. The summed E-state index contributed by atoms with van der Waals surface area (Å²) in [6.07, 6.45) is 1.03. The fraction of sp³-hybridized carbons (Fsp3) is 0.350. The van der Waals surface area contributed by atoms with E-state index in [1.54, 1.807) is 24.3 Å². The zero-order valence-electron chi connectivity index (χ0n) is 16.9. The van der Waals surface area contributed by atoms with Crippen LogP contribution in [0.2, 0.25) is 5.02 Å². The van der Waals surface area contributed by atoms with E-state index in [1.807, 2.05) is 0 Å². The minimum atomic E-state index is -3.75. The van der Waals surface area contributed by atoms with Gasteiger partial charge in [-0.1, -0.05) is 29.8 Å². The number of ether oxygens (including phenoxy) is 1. The van der Waals surface area contributed by atoms with Gasteiger partial charge in [0, 0.05) is 18.1 Å². The molecule has 1 N–H and O–H groups in total. The molecule has 1 atom stereocenters. The molecule has 6 nitrogen and oxygen atoms in total. The van der Waals surface area contributed by atoms with Gasteiger partial charge in [-0.15, -0.1) is 0 Å². The molecule has 0 aliphatic carbocycles. The largest absolute Gasteiger partial charge is 0.495 e. The molecule has 0 bridgehead atoms. The summed E-state index contributed by atoms with van der Waals surface area (Å²) in [6, 6.07) is 10.1. The summed E-state index contributed by atoms with van der Waals surface area (Å²) in [7, 11) is -2.29. The Labute approximate surface area is 185 Å². The molecule has 0 fully saturated rings. The first-order chi connectivity index (χ1) is 14.1. The van der Waals surface area contributed by atoms with Gasteiger partial charge in [-0.2, -0.15) is 11.8 Å². The molecule has 0 heterocycles. The molecule has 164 valence electrons. The van der Waals surface area contributed by atoms with Gasteiger partial charge in [0.2, 0.25) is 15.9 Å². The van der Waals surface area contributed by atoms with Crippen LogP contribution in [-0.4, -0.2) is 46.0 Å². The average Bonchev–Trinajstić information content (AvgIpc) is 2.68. The molecule has 10 heteroatoms. The molecule has 2 rings (SSSR count). The number of rotatable bonds is 10. The molecule has 0 radical (unpaired) electrons. The summed E-state index contributed by atoms with van der Waals surface area (Å²) >= 11 is 7.58. The lowest BCUT2D eigenvalue weighted by Crippen LogP contribution is -2.48. The first-order valence-corrected chi connectivity index (χ1v) is 12.4. The third-order valence-corrected chi connectivity index (χ3v) is 6.78. The number of benzene rings is 2. The highest BCUT2D eigenvalue weighted by atomic mass is 35.5. The maximum Gasteiger partial charge on any atom is 0.243 e. The topological polar surface area (TPSA) is 75.7 Å². The Bertz CT molecular complexity index is 989. The zero-order valence-corrected chi connectivity index (χ0v) is 19.3. The number of methoxy groups -OCH3 is 1. The Morgan fingerprint density at radius 1 is 1.30 bits per heavy atom. The van der Waals surface area contributed by atoms with Gasteiger partial charge in [0.15, 0.2) is 0 Å². The van der Waals surface area contributed by atoms with E-state index in [0.29, 0.717) is 29.4 Å². The van der Waals surface area contributed by atoms with E-state index in [4.69, 9.17) is 16.3 Å². The van der Waals surface area contributed by atoms with E-state index in [9.17, 15) is 17.6 Å². The summed E-state index contributed by atoms with van der Waals surface area (Å²) in [6.45, 7) is 1.82. The number of nitrogens with one attached hydrogen (secondary N) is 1. The highest BCUT2D eigenvalue weighted by Gasteiger charge is 2.29. The lowest BCUT2D eigenvalue weighted by molar-refractivity contribution is -0.121. The number of sulfonamides is 1. The van der Waals surface area contributed by atoms with E-state index in [2.05, 4.69) is 5.32 Å². The van der Waals surface area contributed by atoms with Gasteiger partial charge < -0.3 is 10.1 Å². The molecule has 0 aliphatic heterocycles. The SMILES string of the molecule is COc1ccc(N([C@@H](C)C(=O)NCCSCc2ccccc2F)S(C)(=O)=O)cc1Cl. The van der Waals surface area contributed by atoms with E-state index in [0.717, 1.165) is 10.6 Å². The molecule has 2 aromatic rings. The average molecular weight is 475 g/mol. The van der Waals surface area contributed by atoms with Crippen molar-refractivity contribution in [2.75, 3.05) is 30.0 Å². The Morgan fingerprint density at radius 2 is 2.00 bits per heavy atom. The monoisotopic (exact) mass is 474 g/mol. The third-order valence-electron chi connectivity index (χ3n) is 4.24. The smallest absolute Gasteiger partial charge is 0.243 e. The lowest BCUT2D eigenvalue weighted by atomic mass is 10.2. The Balaban J connectivity index is 1.97. The molecule has 0 spiro atoms. The first-order valence-electron chi connectivity index (χ1n) is 9.07. The number of amides is 1. The molecule has 0 aromatic heterocycles. The third kappa shape index (κ3) is 6.52. The van der Waals surface area contributed by atoms with Crippen molar-refractivity contribution in [1.29, 1.82) is 0 Å². The molecular weight excluding hydrogens is 451 g/mol. The molecule has 0 unspecified atom stereocenters. The predicted molar refractivity (Wildman–Crippen MR) is 120 cm³/mol. The highest BCUT2D eigenvalue weighted by molar-refractivity contribution is 7.98. The number of carbonyl (C=O) groups is 1. The van der Waals surface area contributed by atoms with E-state index in [-0.39, 0.29) is 16.5 Å². The first kappa shape index (κ1) is 24.3. The summed E-state index contributed by atoms with van der Waals surface area (Å²) in [4.78, 5) is 12.6. The molecule has 0 saturated heterocycles.